The minimum Gasteiger partial charge on any atom is -0.292 e. The highest BCUT2D eigenvalue weighted by molar-refractivity contribution is 6.30. The molecule has 2 aromatic heterocycles. The summed E-state index contributed by atoms with van der Waals surface area (Å²) in [6.07, 6.45) is 0. The number of aromatic nitrogens is 2. The Morgan fingerprint density at radius 1 is 0.800 bits per heavy atom. The van der Waals surface area contributed by atoms with E-state index in [4.69, 9.17) is 11.6 Å². The smallest absolute Gasteiger partial charge is 0.138 e. The van der Waals surface area contributed by atoms with Gasteiger partial charge in [-0.25, -0.2) is 4.98 Å². The van der Waals surface area contributed by atoms with Gasteiger partial charge in [-0.1, -0.05) is 41.9 Å². The minimum atomic E-state index is 0.747. The van der Waals surface area contributed by atoms with Crippen LogP contribution in [0, 0.1) is 0 Å². The Balaban J connectivity index is 2.11. The van der Waals surface area contributed by atoms with Crippen LogP contribution in [0.25, 0.3) is 27.9 Å². The monoisotopic (exact) mass is 278 g/mol. The van der Waals surface area contributed by atoms with Crippen molar-refractivity contribution in [3.8, 4) is 11.3 Å². The Kier molecular flexibility index (Phi) is 2.51. The van der Waals surface area contributed by atoms with Gasteiger partial charge in [-0.15, -0.1) is 0 Å². The average Bonchev–Trinajstić information content (AvgIpc) is 2.86. The summed E-state index contributed by atoms with van der Waals surface area (Å²) in [5.74, 6) is 0. The van der Waals surface area contributed by atoms with Gasteiger partial charge in [-0.2, -0.15) is 0 Å². The maximum absolute atomic E-state index is 5.97. The first-order valence-electron chi connectivity index (χ1n) is 6.45. The average molecular weight is 279 g/mol. The molecule has 2 heterocycles. The number of nitrogens with zero attached hydrogens (tertiary/aromatic N) is 2. The highest BCUT2D eigenvalue weighted by Crippen LogP contribution is 2.26. The summed E-state index contributed by atoms with van der Waals surface area (Å²) in [6.45, 7) is 0. The van der Waals surface area contributed by atoms with Crippen LogP contribution in [0.2, 0.25) is 5.02 Å². The Bertz CT molecular complexity index is 907. The third kappa shape index (κ3) is 1.69. The third-order valence-corrected chi connectivity index (χ3v) is 3.72. The fourth-order valence-electron chi connectivity index (χ4n) is 2.56. The molecule has 3 heteroatoms. The molecular weight excluding hydrogens is 268 g/mol. The van der Waals surface area contributed by atoms with Crippen molar-refractivity contribution in [1.82, 2.24) is 9.38 Å². The number of rotatable bonds is 1. The van der Waals surface area contributed by atoms with Gasteiger partial charge in [0.1, 0.15) is 5.65 Å². The number of fused-ring (bicyclic) bond motifs is 3. The Morgan fingerprint density at radius 3 is 2.45 bits per heavy atom. The van der Waals surface area contributed by atoms with E-state index in [0.717, 1.165) is 33.0 Å². The van der Waals surface area contributed by atoms with Crippen molar-refractivity contribution in [3.05, 3.63) is 71.8 Å². The lowest BCUT2D eigenvalue weighted by atomic mass is 10.1. The molecule has 0 radical (unpaired) electrons. The molecule has 4 aromatic rings. The van der Waals surface area contributed by atoms with Gasteiger partial charge in [0.2, 0.25) is 0 Å². The molecule has 0 fully saturated rings. The molecule has 0 saturated carbocycles. The van der Waals surface area contributed by atoms with E-state index in [1.54, 1.807) is 0 Å². The van der Waals surface area contributed by atoms with Crippen LogP contribution in [0.5, 0.6) is 0 Å². The van der Waals surface area contributed by atoms with E-state index in [-0.39, 0.29) is 0 Å². The van der Waals surface area contributed by atoms with E-state index in [1.165, 1.54) is 0 Å². The zero-order valence-electron chi connectivity index (χ0n) is 10.6. The molecule has 0 aliphatic carbocycles. The standard InChI is InChI=1S/C17H11ClN2/c18-13-10-8-12(9-11-13)15-6-3-7-17-19-14-4-1-2-5-16(14)20(15)17/h1-11H. The normalized spacial score (nSPS) is 11.2. The van der Waals surface area contributed by atoms with E-state index in [2.05, 4.69) is 21.5 Å². The zero-order valence-corrected chi connectivity index (χ0v) is 11.4. The first kappa shape index (κ1) is 11.5. The lowest BCUT2D eigenvalue weighted by Gasteiger charge is -2.06. The van der Waals surface area contributed by atoms with Crippen LogP contribution in [0.4, 0.5) is 0 Å². The van der Waals surface area contributed by atoms with Gasteiger partial charge in [0, 0.05) is 5.02 Å². The van der Waals surface area contributed by atoms with Crippen LogP contribution < -0.4 is 0 Å². The van der Waals surface area contributed by atoms with Crippen LogP contribution >= 0.6 is 11.6 Å². The number of halogens is 1. The SMILES string of the molecule is Clc1ccc(-c2cccc3nc4ccccc4n23)cc1. The highest BCUT2D eigenvalue weighted by atomic mass is 35.5. The van der Waals surface area contributed by atoms with E-state index < -0.39 is 0 Å². The molecule has 0 N–H and O–H groups in total. The second-order valence-electron chi connectivity index (χ2n) is 4.71. The van der Waals surface area contributed by atoms with Gasteiger partial charge in [0.05, 0.1) is 16.7 Å². The molecule has 20 heavy (non-hydrogen) atoms. The summed E-state index contributed by atoms with van der Waals surface area (Å²) in [7, 11) is 0. The van der Waals surface area contributed by atoms with Gasteiger partial charge in [-0.05, 0) is 42.0 Å². The number of imidazole rings is 1. The number of para-hydroxylation sites is 2. The first-order chi connectivity index (χ1) is 9.83. The van der Waals surface area contributed by atoms with E-state index >= 15 is 0 Å². The molecule has 2 aromatic carbocycles. The van der Waals surface area contributed by atoms with Crippen molar-refractivity contribution in [2.45, 2.75) is 0 Å². The largest absolute Gasteiger partial charge is 0.292 e. The molecule has 2 nitrogen and oxygen atoms in total. The maximum Gasteiger partial charge on any atom is 0.138 e. The summed E-state index contributed by atoms with van der Waals surface area (Å²) in [6, 6.07) is 22.2. The van der Waals surface area contributed by atoms with Crippen molar-refractivity contribution in [2.24, 2.45) is 0 Å². The lowest BCUT2D eigenvalue weighted by Crippen LogP contribution is -1.91. The molecule has 96 valence electrons. The molecule has 0 unspecified atom stereocenters. The van der Waals surface area contributed by atoms with Crippen molar-refractivity contribution < 1.29 is 0 Å². The Hall–Kier alpha value is -2.32. The van der Waals surface area contributed by atoms with Gasteiger partial charge in [-0.3, -0.25) is 4.40 Å². The van der Waals surface area contributed by atoms with Crippen LogP contribution in [-0.2, 0) is 0 Å². The fraction of sp³-hybridized carbons (Fsp3) is 0. The zero-order chi connectivity index (χ0) is 13.5. The number of pyridine rings is 1. The Morgan fingerprint density at radius 2 is 1.60 bits per heavy atom. The van der Waals surface area contributed by atoms with Gasteiger partial charge in [0.15, 0.2) is 0 Å². The number of benzene rings is 2. The molecule has 0 aliphatic rings. The first-order valence-corrected chi connectivity index (χ1v) is 6.83. The quantitative estimate of drug-likeness (QED) is 0.488. The van der Waals surface area contributed by atoms with Gasteiger partial charge in [0.25, 0.3) is 0 Å². The van der Waals surface area contributed by atoms with Crippen molar-refractivity contribution in [2.75, 3.05) is 0 Å². The minimum absolute atomic E-state index is 0.747. The van der Waals surface area contributed by atoms with E-state index in [0.29, 0.717) is 0 Å². The topological polar surface area (TPSA) is 17.3 Å². The number of hydrogen-bond acceptors (Lipinski definition) is 1. The van der Waals surface area contributed by atoms with E-state index in [1.807, 2.05) is 54.6 Å². The maximum atomic E-state index is 5.97. The summed E-state index contributed by atoms with van der Waals surface area (Å²) < 4.78 is 2.18. The van der Waals surface area contributed by atoms with Gasteiger partial charge >= 0.3 is 0 Å². The second-order valence-corrected chi connectivity index (χ2v) is 5.15. The van der Waals surface area contributed by atoms with Crippen LogP contribution in [0.1, 0.15) is 0 Å². The Labute approximate surface area is 121 Å². The van der Waals surface area contributed by atoms with Gasteiger partial charge < -0.3 is 0 Å². The molecule has 0 spiro atoms. The summed E-state index contributed by atoms with van der Waals surface area (Å²) >= 11 is 5.97. The molecule has 0 bridgehead atoms. The van der Waals surface area contributed by atoms with Crippen molar-refractivity contribution >= 4 is 28.3 Å². The second kappa shape index (κ2) is 4.36. The predicted octanol–water partition coefficient (Wildman–Crippen LogP) is 4.81. The molecular formula is C17H11ClN2. The fourth-order valence-corrected chi connectivity index (χ4v) is 2.68. The molecule has 4 rings (SSSR count). The highest BCUT2D eigenvalue weighted by Gasteiger charge is 2.08. The van der Waals surface area contributed by atoms with Crippen molar-refractivity contribution in [3.63, 3.8) is 0 Å². The summed E-state index contributed by atoms with van der Waals surface area (Å²) in [4.78, 5) is 4.66. The van der Waals surface area contributed by atoms with Crippen LogP contribution in [0.15, 0.2) is 66.7 Å². The van der Waals surface area contributed by atoms with E-state index in [9.17, 15) is 0 Å². The van der Waals surface area contributed by atoms with Crippen LogP contribution in [0.3, 0.4) is 0 Å². The third-order valence-electron chi connectivity index (χ3n) is 3.47. The molecule has 0 aliphatic heterocycles. The van der Waals surface area contributed by atoms with Crippen LogP contribution in [-0.4, -0.2) is 9.38 Å². The number of hydrogen-bond donors (Lipinski definition) is 0. The van der Waals surface area contributed by atoms with Crippen molar-refractivity contribution in [1.29, 1.82) is 0 Å². The summed E-state index contributed by atoms with van der Waals surface area (Å²) in [5.41, 5.74) is 5.33. The summed E-state index contributed by atoms with van der Waals surface area (Å²) in [5, 5.41) is 0.747. The predicted molar refractivity (Wildman–Crippen MR) is 83.1 cm³/mol. The lowest BCUT2D eigenvalue weighted by molar-refractivity contribution is 1.23. The molecule has 0 atom stereocenters. The molecule has 0 amide bonds. The molecule has 0 saturated heterocycles.